The Labute approximate surface area is 94.1 Å². The summed E-state index contributed by atoms with van der Waals surface area (Å²) in [5, 5.41) is 10.8. The van der Waals surface area contributed by atoms with Crippen molar-refractivity contribution in [3.63, 3.8) is 0 Å². The fraction of sp³-hybridized carbons (Fsp3) is 0.500. The summed E-state index contributed by atoms with van der Waals surface area (Å²) >= 11 is 0. The van der Waals surface area contributed by atoms with E-state index in [1.165, 1.54) is 0 Å². The van der Waals surface area contributed by atoms with E-state index >= 15 is 0 Å². The van der Waals surface area contributed by atoms with Gasteiger partial charge in [0.25, 0.3) is 0 Å². The van der Waals surface area contributed by atoms with Crippen LogP contribution in [0.25, 0.3) is 11.0 Å². The molecule has 0 aliphatic carbocycles. The molecule has 0 unspecified atom stereocenters. The predicted molar refractivity (Wildman–Crippen MR) is 64.8 cm³/mol. The van der Waals surface area contributed by atoms with Crippen molar-refractivity contribution in [1.29, 1.82) is 0 Å². The lowest BCUT2D eigenvalue weighted by Crippen LogP contribution is -2.23. The van der Waals surface area contributed by atoms with Crippen LogP contribution in [-0.4, -0.2) is 40.3 Å². The number of aromatic nitrogens is 4. The normalized spacial score (nSPS) is 10.7. The number of nitrogens with one attached hydrogen (secondary N) is 2. The van der Waals surface area contributed by atoms with E-state index in [2.05, 4.69) is 44.2 Å². The zero-order chi connectivity index (χ0) is 11.5. The van der Waals surface area contributed by atoms with E-state index in [1.54, 1.807) is 6.20 Å². The zero-order valence-corrected chi connectivity index (χ0v) is 9.78. The lowest BCUT2D eigenvalue weighted by atomic mass is 10.3. The standard InChI is InChI=1S/C10H16N6/c1-4-16(5-2)9-7-6-12-15-8(7)13-10(11-3)14-9/h6H,4-5H2,1-3H3,(H2,11,12,13,14,15). The van der Waals surface area contributed by atoms with Gasteiger partial charge in [0.2, 0.25) is 5.95 Å². The first-order chi connectivity index (χ1) is 7.80. The van der Waals surface area contributed by atoms with Crippen molar-refractivity contribution in [3.05, 3.63) is 6.20 Å². The van der Waals surface area contributed by atoms with Crippen LogP contribution < -0.4 is 10.2 Å². The van der Waals surface area contributed by atoms with Crippen LogP contribution in [0.5, 0.6) is 0 Å². The molecule has 2 heterocycles. The highest BCUT2D eigenvalue weighted by Crippen LogP contribution is 2.23. The summed E-state index contributed by atoms with van der Waals surface area (Å²) in [7, 11) is 1.81. The zero-order valence-electron chi connectivity index (χ0n) is 9.78. The number of rotatable bonds is 4. The van der Waals surface area contributed by atoms with Gasteiger partial charge in [-0.1, -0.05) is 0 Å². The summed E-state index contributed by atoms with van der Waals surface area (Å²) in [6.45, 7) is 6.04. The molecule has 0 bridgehead atoms. The van der Waals surface area contributed by atoms with Gasteiger partial charge in [0, 0.05) is 20.1 Å². The van der Waals surface area contributed by atoms with E-state index in [1.807, 2.05) is 7.05 Å². The molecule has 0 aliphatic heterocycles. The van der Waals surface area contributed by atoms with Crippen LogP contribution in [0.4, 0.5) is 11.8 Å². The van der Waals surface area contributed by atoms with Gasteiger partial charge in [0.15, 0.2) is 5.65 Å². The summed E-state index contributed by atoms with van der Waals surface area (Å²) in [5.41, 5.74) is 0.765. The number of anilines is 2. The monoisotopic (exact) mass is 220 g/mol. The van der Waals surface area contributed by atoms with Gasteiger partial charge in [-0.3, -0.25) is 5.10 Å². The first-order valence-corrected chi connectivity index (χ1v) is 5.44. The lowest BCUT2D eigenvalue weighted by molar-refractivity contribution is 0.849. The number of fused-ring (bicyclic) bond motifs is 1. The second kappa shape index (κ2) is 4.34. The SMILES string of the molecule is CCN(CC)c1nc(NC)nc2[nH]ncc12. The smallest absolute Gasteiger partial charge is 0.226 e. The minimum atomic E-state index is 0.610. The maximum atomic E-state index is 4.48. The molecular formula is C10H16N6. The molecular weight excluding hydrogens is 204 g/mol. The van der Waals surface area contributed by atoms with Crippen LogP contribution in [0.1, 0.15) is 13.8 Å². The molecule has 86 valence electrons. The minimum Gasteiger partial charge on any atom is -0.357 e. The van der Waals surface area contributed by atoms with Gasteiger partial charge >= 0.3 is 0 Å². The van der Waals surface area contributed by atoms with Gasteiger partial charge in [0.1, 0.15) is 5.82 Å². The largest absolute Gasteiger partial charge is 0.357 e. The van der Waals surface area contributed by atoms with E-state index in [-0.39, 0.29) is 0 Å². The van der Waals surface area contributed by atoms with Gasteiger partial charge in [0.05, 0.1) is 11.6 Å². The minimum absolute atomic E-state index is 0.610. The fourth-order valence-electron chi connectivity index (χ4n) is 1.70. The Morgan fingerprint density at radius 2 is 2.06 bits per heavy atom. The highest BCUT2D eigenvalue weighted by molar-refractivity contribution is 5.87. The fourth-order valence-corrected chi connectivity index (χ4v) is 1.70. The molecule has 0 saturated heterocycles. The molecule has 2 rings (SSSR count). The van der Waals surface area contributed by atoms with Crippen LogP contribution >= 0.6 is 0 Å². The quantitative estimate of drug-likeness (QED) is 0.811. The summed E-state index contributed by atoms with van der Waals surface area (Å²) in [6.07, 6.45) is 1.77. The summed E-state index contributed by atoms with van der Waals surface area (Å²) in [4.78, 5) is 11.0. The third-order valence-electron chi connectivity index (χ3n) is 2.58. The summed E-state index contributed by atoms with van der Waals surface area (Å²) in [6, 6.07) is 0. The highest BCUT2D eigenvalue weighted by Gasteiger charge is 2.12. The molecule has 0 radical (unpaired) electrons. The molecule has 0 saturated carbocycles. The molecule has 2 aromatic rings. The molecule has 16 heavy (non-hydrogen) atoms. The van der Waals surface area contributed by atoms with Crippen molar-refractivity contribution >= 4 is 22.8 Å². The molecule has 2 N–H and O–H groups in total. The van der Waals surface area contributed by atoms with Gasteiger partial charge in [-0.2, -0.15) is 15.1 Å². The molecule has 0 amide bonds. The van der Waals surface area contributed by atoms with E-state index in [0.29, 0.717) is 5.95 Å². The molecule has 0 atom stereocenters. The van der Waals surface area contributed by atoms with E-state index < -0.39 is 0 Å². The van der Waals surface area contributed by atoms with Crippen LogP contribution in [0, 0.1) is 0 Å². The van der Waals surface area contributed by atoms with E-state index in [0.717, 1.165) is 29.9 Å². The van der Waals surface area contributed by atoms with Crippen molar-refractivity contribution in [2.24, 2.45) is 0 Å². The van der Waals surface area contributed by atoms with Crippen molar-refractivity contribution in [3.8, 4) is 0 Å². The first-order valence-electron chi connectivity index (χ1n) is 5.44. The average Bonchev–Trinajstić information content (AvgIpc) is 2.78. The van der Waals surface area contributed by atoms with Crippen molar-refractivity contribution < 1.29 is 0 Å². The Morgan fingerprint density at radius 3 is 2.69 bits per heavy atom. The number of hydrogen-bond acceptors (Lipinski definition) is 5. The van der Waals surface area contributed by atoms with E-state index in [9.17, 15) is 0 Å². The van der Waals surface area contributed by atoms with Crippen LogP contribution in [0.3, 0.4) is 0 Å². The number of nitrogens with zero attached hydrogens (tertiary/aromatic N) is 4. The predicted octanol–water partition coefficient (Wildman–Crippen LogP) is 1.24. The topological polar surface area (TPSA) is 69.7 Å². The molecule has 2 aromatic heterocycles. The summed E-state index contributed by atoms with van der Waals surface area (Å²) < 4.78 is 0. The molecule has 0 fully saturated rings. The van der Waals surface area contributed by atoms with Crippen LogP contribution in [-0.2, 0) is 0 Å². The van der Waals surface area contributed by atoms with Gasteiger partial charge < -0.3 is 10.2 Å². The van der Waals surface area contributed by atoms with Crippen molar-refractivity contribution in [2.75, 3.05) is 30.4 Å². The van der Waals surface area contributed by atoms with Crippen molar-refractivity contribution in [1.82, 2.24) is 20.2 Å². The second-order valence-electron chi connectivity index (χ2n) is 3.43. The molecule has 0 aliphatic rings. The summed E-state index contributed by atoms with van der Waals surface area (Å²) in [5.74, 6) is 1.53. The molecule has 6 heteroatoms. The van der Waals surface area contributed by atoms with Crippen molar-refractivity contribution in [2.45, 2.75) is 13.8 Å². The molecule has 0 aromatic carbocycles. The Morgan fingerprint density at radius 1 is 1.31 bits per heavy atom. The number of hydrogen-bond donors (Lipinski definition) is 2. The third-order valence-corrected chi connectivity index (χ3v) is 2.58. The number of H-pyrrole nitrogens is 1. The Bertz CT molecular complexity index is 473. The first kappa shape index (κ1) is 10.7. The highest BCUT2D eigenvalue weighted by atomic mass is 15.2. The molecule has 6 nitrogen and oxygen atoms in total. The Balaban J connectivity index is 2.60. The van der Waals surface area contributed by atoms with Crippen LogP contribution in [0.2, 0.25) is 0 Å². The second-order valence-corrected chi connectivity index (χ2v) is 3.43. The van der Waals surface area contributed by atoms with E-state index in [4.69, 9.17) is 0 Å². The third kappa shape index (κ3) is 1.66. The van der Waals surface area contributed by atoms with Gasteiger partial charge in [-0.15, -0.1) is 0 Å². The van der Waals surface area contributed by atoms with Crippen LogP contribution in [0.15, 0.2) is 6.20 Å². The Hall–Kier alpha value is -1.85. The Kier molecular flexibility index (Phi) is 2.89. The number of aromatic amines is 1. The van der Waals surface area contributed by atoms with Gasteiger partial charge in [-0.25, -0.2) is 0 Å². The molecule has 0 spiro atoms. The maximum absolute atomic E-state index is 4.48. The maximum Gasteiger partial charge on any atom is 0.226 e. The average molecular weight is 220 g/mol. The lowest BCUT2D eigenvalue weighted by Gasteiger charge is -2.20. The van der Waals surface area contributed by atoms with Gasteiger partial charge in [-0.05, 0) is 13.8 Å².